The Hall–Kier alpha value is -1.49. The minimum absolute atomic E-state index is 0.158. The summed E-state index contributed by atoms with van der Waals surface area (Å²) in [6, 6.07) is 7.94. The van der Waals surface area contributed by atoms with Crippen LogP contribution in [-0.4, -0.2) is 29.7 Å². The van der Waals surface area contributed by atoms with E-state index in [-0.39, 0.29) is 17.9 Å². The molecule has 1 fully saturated rings. The van der Waals surface area contributed by atoms with Crippen molar-refractivity contribution in [3.8, 4) is 0 Å². The number of amides is 2. The maximum absolute atomic E-state index is 12.5. The summed E-state index contributed by atoms with van der Waals surface area (Å²) in [5, 5.41) is 2.94. The number of thioether (sulfide) groups is 1. The Morgan fingerprint density at radius 3 is 2.79 bits per heavy atom. The first-order valence-corrected chi connectivity index (χ1v) is 7.21. The number of hydrogen-bond acceptors (Lipinski definition) is 3. The molecule has 0 saturated heterocycles. The molecule has 100 valence electrons. The highest BCUT2D eigenvalue weighted by Gasteiger charge is 2.49. The van der Waals surface area contributed by atoms with E-state index in [4.69, 9.17) is 0 Å². The first-order chi connectivity index (χ1) is 9.02. The number of anilines is 1. The molecule has 1 N–H and O–H groups in total. The zero-order valence-electron chi connectivity index (χ0n) is 11.0. The fourth-order valence-corrected chi connectivity index (χ4v) is 3.48. The summed E-state index contributed by atoms with van der Waals surface area (Å²) in [6.45, 7) is 1.71. The first kappa shape index (κ1) is 12.5. The van der Waals surface area contributed by atoms with Crippen molar-refractivity contribution >= 4 is 29.3 Å². The van der Waals surface area contributed by atoms with E-state index < -0.39 is 4.75 Å². The van der Waals surface area contributed by atoms with Crippen molar-refractivity contribution in [2.45, 2.75) is 35.4 Å². The van der Waals surface area contributed by atoms with Crippen molar-refractivity contribution in [2.24, 2.45) is 0 Å². The van der Waals surface area contributed by atoms with E-state index in [0.29, 0.717) is 0 Å². The zero-order valence-corrected chi connectivity index (χ0v) is 11.8. The summed E-state index contributed by atoms with van der Waals surface area (Å²) in [4.78, 5) is 27.4. The Morgan fingerprint density at radius 1 is 1.42 bits per heavy atom. The van der Waals surface area contributed by atoms with Crippen LogP contribution in [0.1, 0.15) is 19.8 Å². The molecule has 1 heterocycles. The van der Waals surface area contributed by atoms with Gasteiger partial charge in [-0.05, 0) is 31.9 Å². The third-order valence-electron chi connectivity index (χ3n) is 3.60. The van der Waals surface area contributed by atoms with Crippen LogP contribution in [0.3, 0.4) is 0 Å². The number of fused-ring (bicyclic) bond motifs is 1. The molecular formula is C14H16N2O2S. The minimum Gasteiger partial charge on any atom is -0.352 e. The molecule has 4 nitrogen and oxygen atoms in total. The Bertz CT molecular complexity index is 556. The summed E-state index contributed by atoms with van der Waals surface area (Å²) in [6.07, 6.45) is 2.04. The predicted molar refractivity (Wildman–Crippen MR) is 75.3 cm³/mol. The summed E-state index contributed by atoms with van der Waals surface area (Å²) < 4.78 is -1.06. The Morgan fingerprint density at radius 2 is 2.11 bits per heavy atom. The van der Waals surface area contributed by atoms with Gasteiger partial charge in [0.25, 0.3) is 5.91 Å². The maximum Gasteiger partial charge on any atom is 0.252 e. The number of nitrogens with one attached hydrogen (secondary N) is 1. The lowest BCUT2D eigenvalue weighted by atomic mass is 10.1. The summed E-state index contributed by atoms with van der Waals surface area (Å²) in [5.74, 6) is -0.333. The van der Waals surface area contributed by atoms with Gasteiger partial charge in [0, 0.05) is 18.0 Å². The van der Waals surface area contributed by atoms with Gasteiger partial charge in [-0.3, -0.25) is 9.59 Å². The number of nitrogens with zero attached hydrogens (tertiary/aromatic N) is 1. The molecule has 0 spiro atoms. The fraction of sp³-hybridized carbons (Fsp3) is 0.429. The third kappa shape index (κ3) is 2.02. The quantitative estimate of drug-likeness (QED) is 0.838. The number of carbonyl (C=O) groups excluding carboxylic acids is 2. The van der Waals surface area contributed by atoms with Crippen LogP contribution in [0.4, 0.5) is 5.69 Å². The van der Waals surface area contributed by atoms with Crippen LogP contribution in [0.5, 0.6) is 0 Å². The number of carbonyl (C=O) groups is 2. The van der Waals surface area contributed by atoms with Crippen LogP contribution in [0, 0.1) is 0 Å². The molecule has 2 aliphatic rings. The Balaban J connectivity index is 1.94. The van der Waals surface area contributed by atoms with Gasteiger partial charge in [-0.2, -0.15) is 0 Å². The highest BCUT2D eigenvalue weighted by Crippen LogP contribution is 2.45. The lowest BCUT2D eigenvalue weighted by molar-refractivity contribution is -0.131. The van der Waals surface area contributed by atoms with E-state index in [9.17, 15) is 9.59 Å². The van der Waals surface area contributed by atoms with Crippen molar-refractivity contribution in [2.75, 3.05) is 11.9 Å². The normalized spacial score (nSPS) is 26.0. The Labute approximate surface area is 116 Å². The zero-order chi connectivity index (χ0) is 13.6. The van der Waals surface area contributed by atoms with E-state index in [1.807, 2.05) is 24.3 Å². The lowest BCUT2D eigenvalue weighted by Crippen LogP contribution is -2.55. The van der Waals surface area contributed by atoms with Crippen molar-refractivity contribution in [3.05, 3.63) is 24.3 Å². The average molecular weight is 276 g/mol. The largest absolute Gasteiger partial charge is 0.352 e. The van der Waals surface area contributed by atoms with Gasteiger partial charge in [0.2, 0.25) is 5.91 Å². The molecule has 1 aliphatic heterocycles. The molecule has 1 aromatic rings. The van der Waals surface area contributed by atoms with Crippen molar-refractivity contribution < 1.29 is 9.59 Å². The van der Waals surface area contributed by atoms with Crippen LogP contribution in [0.15, 0.2) is 29.2 Å². The smallest absolute Gasteiger partial charge is 0.252 e. The Kier molecular flexibility index (Phi) is 2.82. The van der Waals surface area contributed by atoms with Gasteiger partial charge in [0.15, 0.2) is 4.75 Å². The van der Waals surface area contributed by atoms with Gasteiger partial charge in [-0.1, -0.05) is 23.9 Å². The standard InChI is InChI=1S/C14H16N2O2S/c1-14(12(17)15-9-7-8-9)13(18)16(2)10-5-3-4-6-11(10)19-14/h3-6,9H,7-8H2,1-2H3,(H,15,17)/t14-/m1/s1. The summed E-state index contributed by atoms with van der Waals surface area (Å²) in [5.41, 5.74) is 0.870. The molecule has 0 aromatic heterocycles. The predicted octanol–water partition coefficient (Wildman–Crippen LogP) is 1.79. The highest BCUT2D eigenvalue weighted by atomic mass is 32.2. The van der Waals surface area contributed by atoms with E-state index in [1.54, 1.807) is 18.9 Å². The average Bonchev–Trinajstić information content (AvgIpc) is 3.20. The number of benzene rings is 1. The van der Waals surface area contributed by atoms with Crippen LogP contribution in [0.25, 0.3) is 0 Å². The molecule has 2 amide bonds. The minimum atomic E-state index is -1.06. The molecule has 1 aromatic carbocycles. The van der Waals surface area contributed by atoms with Crippen LogP contribution in [0.2, 0.25) is 0 Å². The number of para-hydroxylation sites is 1. The second-order valence-electron chi connectivity index (χ2n) is 5.21. The fourth-order valence-electron chi connectivity index (χ4n) is 2.21. The molecule has 5 heteroatoms. The maximum atomic E-state index is 12.5. The lowest BCUT2D eigenvalue weighted by Gasteiger charge is -2.36. The molecular weight excluding hydrogens is 260 g/mol. The topological polar surface area (TPSA) is 49.4 Å². The second kappa shape index (κ2) is 4.27. The number of rotatable bonds is 2. The SMILES string of the molecule is CN1C(=O)[C@@](C)(C(=O)NC2CC2)Sc2ccccc21. The van der Waals surface area contributed by atoms with Crippen molar-refractivity contribution in [3.63, 3.8) is 0 Å². The van der Waals surface area contributed by atoms with Gasteiger partial charge in [0.05, 0.1) is 5.69 Å². The first-order valence-electron chi connectivity index (χ1n) is 6.39. The third-order valence-corrected chi connectivity index (χ3v) is 4.93. The van der Waals surface area contributed by atoms with Gasteiger partial charge < -0.3 is 10.2 Å². The van der Waals surface area contributed by atoms with Crippen LogP contribution in [-0.2, 0) is 9.59 Å². The molecule has 1 aliphatic carbocycles. The highest BCUT2D eigenvalue weighted by molar-refractivity contribution is 8.02. The monoisotopic (exact) mass is 276 g/mol. The molecule has 1 saturated carbocycles. The van der Waals surface area contributed by atoms with E-state index in [0.717, 1.165) is 23.4 Å². The molecule has 0 radical (unpaired) electrons. The van der Waals surface area contributed by atoms with Crippen LogP contribution < -0.4 is 10.2 Å². The van der Waals surface area contributed by atoms with Gasteiger partial charge in [0.1, 0.15) is 0 Å². The van der Waals surface area contributed by atoms with Crippen molar-refractivity contribution in [1.82, 2.24) is 5.32 Å². The summed E-state index contributed by atoms with van der Waals surface area (Å²) >= 11 is 1.35. The van der Waals surface area contributed by atoms with Gasteiger partial charge >= 0.3 is 0 Å². The van der Waals surface area contributed by atoms with Gasteiger partial charge in [-0.15, -0.1) is 0 Å². The summed E-state index contributed by atoms with van der Waals surface area (Å²) in [7, 11) is 1.73. The van der Waals surface area contributed by atoms with Gasteiger partial charge in [-0.25, -0.2) is 0 Å². The molecule has 0 bridgehead atoms. The molecule has 1 atom stereocenters. The number of hydrogen-bond donors (Lipinski definition) is 1. The van der Waals surface area contributed by atoms with Crippen LogP contribution >= 0.6 is 11.8 Å². The van der Waals surface area contributed by atoms with E-state index in [2.05, 4.69) is 5.32 Å². The molecule has 19 heavy (non-hydrogen) atoms. The van der Waals surface area contributed by atoms with E-state index in [1.165, 1.54) is 11.8 Å². The molecule has 0 unspecified atom stereocenters. The molecule has 3 rings (SSSR count). The second-order valence-corrected chi connectivity index (χ2v) is 6.68. The van der Waals surface area contributed by atoms with Crippen molar-refractivity contribution in [1.29, 1.82) is 0 Å². The van der Waals surface area contributed by atoms with E-state index >= 15 is 0 Å².